The Balaban J connectivity index is 1.58. The Hall–Kier alpha value is -2.34. The van der Waals surface area contributed by atoms with E-state index in [-0.39, 0.29) is 6.03 Å². The summed E-state index contributed by atoms with van der Waals surface area (Å²) in [6.07, 6.45) is 5.06. The second-order valence-corrected chi connectivity index (χ2v) is 6.56. The molecule has 3 N–H and O–H groups in total. The molecular weight excluding hydrogens is 314 g/mol. The first-order chi connectivity index (χ1) is 12.3. The van der Waals surface area contributed by atoms with Gasteiger partial charge in [-0.25, -0.2) is 4.79 Å². The predicted octanol–water partition coefficient (Wildman–Crippen LogP) is 2.97. The van der Waals surface area contributed by atoms with E-state index in [1.807, 2.05) is 6.92 Å². The zero-order valence-electron chi connectivity index (χ0n) is 14.8. The van der Waals surface area contributed by atoms with Crippen molar-refractivity contribution in [1.82, 2.24) is 20.4 Å². The van der Waals surface area contributed by atoms with Crippen molar-refractivity contribution in [2.75, 3.05) is 31.5 Å². The SMILES string of the molecule is CCNC(=O)Nc1cn[nH]c1[C@@H]1CCCN(CCc2ccccc2)C1. The number of carbonyl (C=O) groups excluding carboxylic acids is 1. The minimum atomic E-state index is -0.179. The van der Waals surface area contributed by atoms with Crippen molar-refractivity contribution in [3.63, 3.8) is 0 Å². The number of likely N-dealkylation sites (tertiary alicyclic amines) is 1. The molecule has 2 amide bonds. The third kappa shape index (κ3) is 4.82. The number of anilines is 1. The summed E-state index contributed by atoms with van der Waals surface area (Å²) in [7, 11) is 0. The molecule has 0 unspecified atom stereocenters. The molecular formula is C19H27N5O. The largest absolute Gasteiger partial charge is 0.338 e. The van der Waals surface area contributed by atoms with E-state index in [9.17, 15) is 4.79 Å². The summed E-state index contributed by atoms with van der Waals surface area (Å²) in [6, 6.07) is 10.4. The van der Waals surface area contributed by atoms with Crippen LogP contribution in [0.4, 0.5) is 10.5 Å². The first-order valence-corrected chi connectivity index (χ1v) is 9.10. The summed E-state index contributed by atoms with van der Waals surface area (Å²) in [6.45, 7) is 5.71. The van der Waals surface area contributed by atoms with Crippen LogP contribution in [0.1, 0.15) is 36.9 Å². The average molecular weight is 341 g/mol. The Morgan fingerprint density at radius 3 is 3.00 bits per heavy atom. The smallest absolute Gasteiger partial charge is 0.319 e. The number of nitrogens with one attached hydrogen (secondary N) is 3. The lowest BCUT2D eigenvalue weighted by Crippen LogP contribution is -2.36. The van der Waals surface area contributed by atoms with Gasteiger partial charge in [0.15, 0.2) is 0 Å². The van der Waals surface area contributed by atoms with E-state index in [2.05, 4.69) is 56.1 Å². The summed E-state index contributed by atoms with van der Waals surface area (Å²) in [5.74, 6) is 0.379. The average Bonchev–Trinajstić information content (AvgIpc) is 3.09. The molecule has 3 rings (SSSR count). The van der Waals surface area contributed by atoms with Gasteiger partial charge in [-0.1, -0.05) is 30.3 Å². The Morgan fingerprint density at radius 1 is 1.36 bits per heavy atom. The molecule has 2 aromatic rings. The topological polar surface area (TPSA) is 73.0 Å². The lowest BCUT2D eigenvalue weighted by molar-refractivity contribution is 0.208. The molecule has 0 saturated carbocycles. The molecule has 1 aromatic heterocycles. The van der Waals surface area contributed by atoms with Crippen molar-refractivity contribution in [3.8, 4) is 0 Å². The number of piperidine rings is 1. The minimum absolute atomic E-state index is 0.179. The number of hydrogen-bond acceptors (Lipinski definition) is 3. The van der Waals surface area contributed by atoms with Gasteiger partial charge in [0.05, 0.1) is 17.6 Å². The standard InChI is InChI=1S/C19H27N5O/c1-2-20-19(25)22-17-13-21-23-18(17)16-9-6-11-24(14-16)12-10-15-7-4-3-5-8-15/h3-5,7-8,13,16H,2,6,9-12,14H2,1H3,(H,21,23)(H2,20,22,25)/t16-/m1/s1. The van der Waals surface area contributed by atoms with Crippen LogP contribution in [-0.4, -0.2) is 47.3 Å². The van der Waals surface area contributed by atoms with E-state index < -0.39 is 0 Å². The van der Waals surface area contributed by atoms with E-state index in [1.54, 1.807) is 6.20 Å². The molecule has 1 aliphatic heterocycles. The highest BCUT2D eigenvalue weighted by Gasteiger charge is 2.25. The lowest BCUT2D eigenvalue weighted by Gasteiger charge is -2.32. The van der Waals surface area contributed by atoms with Gasteiger partial charge in [-0.05, 0) is 38.3 Å². The number of hydrogen-bond donors (Lipinski definition) is 3. The number of benzene rings is 1. The van der Waals surface area contributed by atoms with E-state index in [0.29, 0.717) is 12.5 Å². The maximum Gasteiger partial charge on any atom is 0.319 e. The zero-order valence-corrected chi connectivity index (χ0v) is 14.8. The fraction of sp³-hybridized carbons (Fsp3) is 0.474. The number of aromatic nitrogens is 2. The van der Waals surface area contributed by atoms with Gasteiger partial charge in [0.1, 0.15) is 0 Å². The second-order valence-electron chi connectivity index (χ2n) is 6.56. The first kappa shape index (κ1) is 17.5. The van der Waals surface area contributed by atoms with E-state index >= 15 is 0 Å². The summed E-state index contributed by atoms with van der Waals surface area (Å²) >= 11 is 0. The first-order valence-electron chi connectivity index (χ1n) is 9.10. The van der Waals surface area contributed by atoms with E-state index in [1.165, 1.54) is 12.0 Å². The molecule has 25 heavy (non-hydrogen) atoms. The normalized spacial score (nSPS) is 18.0. The van der Waals surface area contributed by atoms with Crippen molar-refractivity contribution in [1.29, 1.82) is 0 Å². The van der Waals surface area contributed by atoms with E-state index in [0.717, 1.165) is 43.9 Å². The van der Waals surface area contributed by atoms with Crippen LogP contribution < -0.4 is 10.6 Å². The van der Waals surface area contributed by atoms with Crippen LogP contribution in [0, 0.1) is 0 Å². The van der Waals surface area contributed by atoms with Gasteiger partial charge in [-0.3, -0.25) is 5.10 Å². The molecule has 0 bridgehead atoms. The Kier molecular flexibility index (Phi) is 6.06. The molecule has 1 aromatic carbocycles. The lowest BCUT2D eigenvalue weighted by atomic mass is 9.93. The zero-order chi connectivity index (χ0) is 17.5. The highest BCUT2D eigenvalue weighted by atomic mass is 16.2. The summed E-state index contributed by atoms with van der Waals surface area (Å²) in [5, 5.41) is 12.9. The Morgan fingerprint density at radius 2 is 2.20 bits per heavy atom. The fourth-order valence-electron chi connectivity index (χ4n) is 3.46. The van der Waals surface area contributed by atoms with Gasteiger partial charge < -0.3 is 15.5 Å². The molecule has 6 nitrogen and oxygen atoms in total. The van der Waals surface area contributed by atoms with Gasteiger partial charge in [-0.2, -0.15) is 5.10 Å². The maximum absolute atomic E-state index is 11.8. The van der Waals surface area contributed by atoms with Crippen molar-refractivity contribution in [2.24, 2.45) is 0 Å². The van der Waals surface area contributed by atoms with Gasteiger partial charge in [0.2, 0.25) is 0 Å². The summed E-state index contributed by atoms with van der Waals surface area (Å²) in [5.41, 5.74) is 3.21. The number of rotatable bonds is 6. The van der Waals surface area contributed by atoms with Crippen LogP contribution in [0.15, 0.2) is 36.5 Å². The molecule has 2 heterocycles. The maximum atomic E-state index is 11.8. The Bertz CT molecular complexity index is 669. The fourth-order valence-corrected chi connectivity index (χ4v) is 3.46. The Labute approximate surface area is 149 Å². The molecule has 1 fully saturated rings. The monoisotopic (exact) mass is 341 g/mol. The predicted molar refractivity (Wildman–Crippen MR) is 99.8 cm³/mol. The molecule has 1 aliphatic rings. The molecule has 1 atom stereocenters. The molecule has 134 valence electrons. The van der Waals surface area contributed by atoms with Gasteiger partial charge in [0.25, 0.3) is 0 Å². The van der Waals surface area contributed by atoms with Crippen LogP contribution in [0.3, 0.4) is 0 Å². The number of aromatic amines is 1. The number of H-pyrrole nitrogens is 1. The number of nitrogens with zero attached hydrogens (tertiary/aromatic N) is 2. The molecule has 6 heteroatoms. The van der Waals surface area contributed by atoms with Gasteiger partial charge >= 0.3 is 6.03 Å². The highest BCUT2D eigenvalue weighted by molar-refractivity contribution is 5.89. The number of urea groups is 1. The molecule has 0 radical (unpaired) electrons. The van der Waals surface area contributed by atoms with Crippen LogP contribution in [0.5, 0.6) is 0 Å². The van der Waals surface area contributed by atoms with Crippen LogP contribution >= 0.6 is 0 Å². The molecule has 0 aliphatic carbocycles. The number of amides is 2. The van der Waals surface area contributed by atoms with Crippen LogP contribution in [0.2, 0.25) is 0 Å². The quantitative estimate of drug-likeness (QED) is 0.756. The number of carbonyl (C=O) groups is 1. The second kappa shape index (κ2) is 8.67. The van der Waals surface area contributed by atoms with Crippen molar-refractivity contribution in [2.45, 2.75) is 32.1 Å². The molecule has 1 saturated heterocycles. The van der Waals surface area contributed by atoms with Crippen molar-refractivity contribution < 1.29 is 4.79 Å². The van der Waals surface area contributed by atoms with Crippen molar-refractivity contribution >= 4 is 11.7 Å². The van der Waals surface area contributed by atoms with E-state index in [4.69, 9.17) is 0 Å². The minimum Gasteiger partial charge on any atom is -0.338 e. The highest BCUT2D eigenvalue weighted by Crippen LogP contribution is 2.30. The van der Waals surface area contributed by atoms with Gasteiger partial charge in [-0.15, -0.1) is 0 Å². The van der Waals surface area contributed by atoms with Crippen LogP contribution in [-0.2, 0) is 6.42 Å². The summed E-state index contributed by atoms with van der Waals surface area (Å²) < 4.78 is 0. The van der Waals surface area contributed by atoms with Crippen LogP contribution in [0.25, 0.3) is 0 Å². The third-order valence-electron chi connectivity index (χ3n) is 4.73. The molecule has 0 spiro atoms. The third-order valence-corrected chi connectivity index (χ3v) is 4.73. The van der Waals surface area contributed by atoms with Crippen molar-refractivity contribution in [3.05, 3.63) is 47.8 Å². The summed E-state index contributed by atoms with van der Waals surface area (Å²) in [4.78, 5) is 14.3. The van der Waals surface area contributed by atoms with Gasteiger partial charge in [0, 0.05) is 25.6 Å².